The lowest BCUT2D eigenvalue weighted by atomic mass is 10.0. The highest BCUT2D eigenvalue weighted by molar-refractivity contribution is 6.31. The summed E-state index contributed by atoms with van der Waals surface area (Å²) in [6, 6.07) is 24.6. The Bertz CT molecular complexity index is 1540. The number of aryl methyl sites for hydroxylation is 1. The third kappa shape index (κ3) is 1.97. The summed E-state index contributed by atoms with van der Waals surface area (Å²) < 4.78 is 8.42. The summed E-state index contributed by atoms with van der Waals surface area (Å²) in [6.07, 6.45) is 0. The Morgan fingerprint density at radius 1 is 0.821 bits per heavy atom. The maximum absolute atomic E-state index is 6.23. The largest absolute Gasteiger partial charge is 0.456 e. The van der Waals surface area contributed by atoms with Gasteiger partial charge in [0.25, 0.3) is 0 Å². The van der Waals surface area contributed by atoms with E-state index in [1.165, 1.54) is 10.8 Å². The highest BCUT2D eigenvalue weighted by Crippen LogP contribution is 2.42. The molecule has 0 amide bonds. The highest BCUT2D eigenvalue weighted by Gasteiger charge is 2.20. The molecular formula is C24H15BN2O. The number of para-hydroxylation sites is 2. The average molecular weight is 358 g/mol. The molecule has 0 aliphatic heterocycles. The van der Waals surface area contributed by atoms with Gasteiger partial charge in [-0.3, -0.25) is 4.57 Å². The van der Waals surface area contributed by atoms with Crippen molar-refractivity contribution in [2.24, 2.45) is 0 Å². The SMILES string of the molecule is [B]c1cccc(-n2c3ccccc3c3c4c(oc5ccccc54)c(C)cc32)n1. The smallest absolute Gasteiger partial charge is 0.141 e. The van der Waals surface area contributed by atoms with Crippen LogP contribution in [0.25, 0.3) is 49.6 Å². The van der Waals surface area contributed by atoms with Gasteiger partial charge in [-0.2, -0.15) is 0 Å². The minimum atomic E-state index is 0.509. The Kier molecular flexibility index (Phi) is 3.04. The first-order valence-corrected chi connectivity index (χ1v) is 9.29. The first-order valence-electron chi connectivity index (χ1n) is 9.29. The number of fused-ring (bicyclic) bond motifs is 7. The van der Waals surface area contributed by atoms with Gasteiger partial charge in [0, 0.05) is 21.5 Å². The molecule has 0 saturated heterocycles. The molecule has 0 fully saturated rings. The molecule has 0 aliphatic rings. The van der Waals surface area contributed by atoms with Crippen molar-refractivity contribution < 1.29 is 4.42 Å². The zero-order valence-corrected chi connectivity index (χ0v) is 15.3. The number of hydrogen-bond acceptors (Lipinski definition) is 2. The van der Waals surface area contributed by atoms with Crippen molar-refractivity contribution in [1.82, 2.24) is 9.55 Å². The van der Waals surface area contributed by atoms with Crippen molar-refractivity contribution in [3.8, 4) is 5.82 Å². The molecule has 0 spiro atoms. The number of benzene rings is 3. The van der Waals surface area contributed by atoms with Crippen molar-refractivity contribution in [2.75, 3.05) is 0 Å². The first-order chi connectivity index (χ1) is 13.7. The Morgan fingerprint density at radius 2 is 1.61 bits per heavy atom. The molecule has 6 rings (SSSR count). The lowest BCUT2D eigenvalue weighted by Crippen LogP contribution is -2.10. The fraction of sp³-hybridized carbons (Fsp3) is 0.0417. The Hall–Kier alpha value is -3.53. The summed E-state index contributed by atoms with van der Waals surface area (Å²) in [5.41, 5.74) is 5.68. The summed E-state index contributed by atoms with van der Waals surface area (Å²) in [6.45, 7) is 2.10. The van der Waals surface area contributed by atoms with Gasteiger partial charge >= 0.3 is 0 Å². The van der Waals surface area contributed by atoms with E-state index in [0.29, 0.717) is 5.59 Å². The maximum Gasteiger partial charge on any atom is 0.141 e. The van der Waals surface area contributed by atoms with Gasteiger partial charge in [-0.05, 0) is 42.3 Å². The van der Waals surface area contributed by atoms with Crippen LogP contribution < -0.4 is 5.59 Å². The van der Waals surface area contributed by atoms with Crippen molar-refractivity contribution >= 4 is 57.2 Å². The van der Waals surface area contributed by atoms with Crippen LogP contribution in [0.5, 0.6) is 0 Å². The molecule has 2 radical (unpaired) electrons. The molecule has 0 aliphatic carbocycles. The first kappa shape index (κ1) is 15.5. The fourth-order valence-electron chi connectivity index (χ4n) is 4.31. The van der Waals surface area contributed by atoms with Crippen LogP contribution in [-0.2, 0) is 0 Å². The van der Waals surface area contributed by atoms with Crippen LogP contribution in [0.4, 0.5) is 0 Å². The molecule has 0 bridgehead atoms. The van der Waals surface area contributed by atoms with E-state index >= 15 is 0 Å². The van der Waals surface area contributed by atoms with Crippen molar-refractivity contribution in [3.63, 3.8) is 0 Å². The van der Waals surface area contributed by atoms with Crippen LogP contribution in [0.2, 0.25) is 0 Å². The molecule has 4 heteroatoms. The van der Waals surface area contributed by atoms with Gasteiger partial charge in [0.15, 0.2) is 0 Å². The van der Waals surface area contributed by atoms with E-state index in [-0.39, 0.29) is 0 Å². The standard InChI is InChI=1S/C24H15BN2O/c1-14-13-18-22(23-16-8-3-5-10-19(16)28-24(14)23)15-7-2-4-9-17(15)27(18)21-12-6-11-20(25)26-21/h2-13H,1H3. The quantitative estimate of drug-likeness (QED) is 0.379. The van der Waals surface area contributed by atoms with E-state index in [1.54, 1.807) is 0 Å². The summed E-state index contributed by atoms with van der Waals surface area (Å²) in [5.74, 6) is 0.817. The molecule has 0 saturated carbocycles. The van der Waals surface area contributed by atoms with E-state index in [2.05, 4.69) is 58.9 Å². The minimum absolute atomic E-state index is 0.509. The zero-order valence-electron chi connectivity index (χ0n) is 15.3. The third-order valence-electron chi connectivity index (χ3n) is 5.45. The van der Waals surface area contributed by atoms with Gasteiger partial charge in [0.2, 0.25) is 0 Å². The second-order valence-electron chi connectivity index (χ2n) is 7.16. The van der Waals surface area contributed by atoms with Crippen LogP contribution >= 0.6 is 0 Å². The number of aromatic nitrogens is 2. The van der Waals surface area contributed by atoms with Crippen LogP contribution in [0, 0.1) is 6.92 Å². The molecule has 3 heterocycles. The van der Waals surface area contributed by atoms with Crippen LogP contribution in [0.3, 0.4) is 0 Å². The predicted octanol–water partition coefficient (Wildman–Crippen LogP) is 5.18. The van der Waals surface area contributed by atoms with Crippen molar-refractivity contribution in [2.45, 2.75) is 6.92 Å². The topological polar surface area (TPSA) is 31.0 Å². The molecule has 0 N–H and O–H groups in total. The van der Waals surface area contributed by atoms with Crippen LogP contribution in [0.1, 0.15) is 5.56 Å². The molecule has 3 nitrogen and oxygen atoms in total. The number of nitrogens with zero attached hydrogens (tertiary/aromatic N) is 2. The van der Waals surface area contributed by atoms with Crippen LogP contribution in [0.15, 0.2) is 77.2 Å². The number of furan rings is 1. The van der Waals surface area contributed by atoms with Gasteiger partial charge in [-0.1, -0.05) is 48.5 Å². The number of pyridine rings is 1. The molecule has 28 heavy (non-hydrogen) atoms. The summed E-state index contributed by atoms with van der Waals surface area (Å²) >= 11 is 0. The molecule has 3 aromatic heterocycles. The van der Waals surface area contributed by atoms with E-state index in [9.17, 15) is 0 Å². The van der Waals surface area contributed by atoms with Gasteiger partial charge in [0.1, 0.15) is 24.8 Å². The Morgan fingerprint density at radius 3 is 2.46 bits per heavy atom. The van der Waals surface area contributed by atoms with Gasteiger partial charge in [-0.15, -0.1) is 0 Å². The van der Waals surface area contributed by atoms with E-state index in [0.717, 1.165) is 44.4 Å². The Labute approximate surface area is 162 Å². The van der Waals surface area contributed by atoms with Crippen molar-refractivity contribution in [3.05, 3.63) is 78.4 Å². The van der Waals surface area contributed by atoms with E-state index in [1.807, 2.05) is 30.3 Å². The highest BCUT2D eigenvalue weighted by atomic mass is 16.3. The van der Waals surface area contributed by atoms with E-state index < -0.39 is 0 Å². The molecule has 0 atom stereocenters. The monoisotopic (exact) mass is 358 g/mol. The molecule has 0 unspecified atom stereocenters. The number of hydrogen-bond donors (Lipinski definition) is 0. The molecule has 6 aromatic rings. The summed E-state index contributed by atoms with van der Waals surface area (Å²) in [5, 5.41) is 4.66. The maximum atomic E-state index is 6.23. The van der Waals surface area contributed by atoms with Gasteiger partial charge in [0.05, 0.1) is 11.0 Å². The lowest BCUT2D eigenvalue weighted by Gasteiger charge is -2.08. The van der Waals surface area contributed by atoms with Gasteiger partial charge < -0.3 is 4.42 Å². The Balaban J connectivity index is 1.93. The second-order valence-corrected chi connectivity index (χ2v) is 7.16. The molecular weight excluding hydrogens is 343 g/mol. The predicted molar refractivity (Wildman–Crippen MR) is 116 cm³/mol. The average Bonchev–Trinajstić information content (AvgIpc) is 3.24. The summed E-state index contributed by atoms with van der Waals surface area (Å²) in [7, 11) is 5.99. The summed E-state index contributed by atoms with van der Waals surface area (Å²) in [4.78, 5) is 4.59. The minimum Gasteiger partial charge on any atom is -0.456 e. The fourth-order valence-corrected chi connectivity index (χ4v) is 4.31. The second kappa shape index (κ2) is 5.49. The molecule has 130 valence electrons. The van der Waals surface area contributed by atoms with Crippen LogP contribution in [-0.4, -0.2) is 17.4 Å². The number of rotatable bonds is 1. The zero-order chi connectivity index (χ0) is 18.8. The normalized spacial score (nSPS) is 11.9. The third-order valence-corrected chi connectivity index (χ3v) is 5.45. The molecule has 3 aromatic carbocycles. The van der Waals surface area contributed by atoms with Gasteiger partial charge in [-0.25, -0.2) is 4.98 Å². The lowest BCUT2D eigenvalue weighted by molar-refractivity contribution is 0.666. The van der Waals surface area contributed by atoms with E-state index in [4.69, 9.17) is 12.3 Å². The van der Waals surface area contributed by atoms with Crippen molar-refractivity contribution in [1.29, 1.82) is 0 Å².